The van der Waals surface area contributed by atoms with Crippen LogP contribution in [0.3, 0.4) is 0 Å². The van der Waals surface area contributed by atoms with Crippen molar-refractivity contribution in [2.75, 3.05) is 14.1 Å². The Balaban J connectivity index is 2.78. The molecule has 3 heteroatoms. The first-order chi connectivity index (χ1) is 6.50. The van der Waals surface area contributed by atoms with Gasteiger partial charge in [-0.15, -0.1) is 11.3 Å². The molecule has 0 radical (unpaired) electrons. The zero-order chi connectivity index (χ0) is 10.7. The monoisotopic (exact) mass is 209 g/mol. The second-order valence-electron chi connectivity index (χ2n) is 3.43. The lowest BCUT2D eigenvalue weighted by Crippen LogP contribution is -2.18. The van der Waals surface area contributed by atoms with Crippen molar-refractivity contribution in [3.05, 3.63) is 27.5 Å². The Morgan fingerprint density at radius 1 is 1.43 bits per heavy atom. The minimum Gasteiger partial charge on any atom is -0.345 e. The number of carbonyl (C=O) groups excluding carboxylic acids is 1. The van der Waals surface area contributed by atoms with Crippen molar-refractivity contribution in [2.24, 2.45) is 0 Å². The van der Waals surface area contributed by atoms with Crippen LogP contribution in [-0.2, 0) is 4.79 Å². The van der Waals surface area contributed by atoms with E-state index in [9.17, 15) is 4.79 Å². The van der Waals surface area contributed by atoms with Crippen LogP contribution in [0.25, 0.3) is 6.08 Å². The minimum atomic E-state index is 0.0215. The van der Waals surface area contributed by atoms with E-state index in [0.717, 1.165) is 5.56 Å². The predicted molar refractivity (Wildman–Crippen MR) is 61.5 cm³/mol. The van der Waals surface area contributed by atoms with Gasteiger partial charge in [0, 0.05) is 29.9 Å². The molecule has 2 nitrogen and oxygen atoms in total. The van der Waals surface area contributed by atoms with Gasteiger partial charge in [0.1, 0.15) is 0 Å². The van der Waals surface area contributed by atoms with Crippen LogP contribution in [0.5, 0.6) is 0 Å². The molecule has 1 rings (SSSR count). The third-order valence-electron chi connectivity index (χ3n) is 1.93. The highest BCUT2D eigenvalue weighted by Gasteiger charge is 2.01. The van der Waals surface area contributed by atoms with Gasteiger partial charge in [0.05, 0.1) is 0 Å². The molecule has 1 aromatic heterocycles. The van der Waals surface area contributed by atoms with E-state index < -0.39 is 0 Å². The molecule has 0 aliphatic heterocycles. The number of hydrogen-bond donors (Lipinski definition) is 0. The van der Waals surface area contributed by atoms with E-state index in [1.165, 1.54) is 9.75 Å². The predicted octanol–water partition coefficient (Wildman–Crippen LogP) is 2.47. The van der Waals surface area contributed by atoms with Crippen LogP contribution in [0, 0.1) is 13.8 Å². The molecule has 1 heterocycles. The van der Waals surface area contributed by atoms with E-state index in [1.807, 2.05) is 6.08 Å². The Kier molecular flexibility index (Phi) is 3.47. The van der Waals surface area contributed by atoms with Gasteiger partial charge in [-0.2, -0.15) is 0 Å². The van der Waals surface area contributed by atoms with Crippen LogP contribution in [0.4, 0.5) is 0 Å². The Morgan fingerprint density at radius 3 is 2.50 bits per heavy atom. The van der Waals surface area contributed by atoms with Gasteiger partial charge in [-0.25, -0.2) is 0 Å². The van der Waals surface area contributed by atoms with E-state index >= 15 is 0 Å². The van der Waals surface area contributed by atoms with Gasteiger partial charge in [0.15, 0.2) is 0 Å². The summed E-state index contributed by atoms with van der Waals surface area (Å²) in [4.78, 5) is 15.4. The molecule has 0 aromatic carbocycles. The molecule has 0 N–H and O–H groups in total. The van der Waals surface area contributed by atoms with Gasteiger partial charge in [-0.1, -0.05) is 0 Å². The number of rotatable bonds is 2. The van der Waals surface area contributed by atoms with E-state index in [4.69, 9.17) is 0 Å². The molecular weight excluding hydrogens is 194 g/mol. The third-order valence-corrected chi connectivity index (χ3v) is 2.91. The van der Waals surface area contributed by atoms with Crippen molar-refractivity contribution >= 4 is 23.3 Å². The van der Waals surface area contributed by atoms with Crippen LogP contribution in [0.2, 0.25) is 0 Å². The molecule has 0 bridgehead atoms. The third kappa shape index (κ3) is 2.70. The first kappa shape index (κ1) is 11.0. The van der Waals surface area contributed by atoms with Gasteiger partial charge in [0.25, 0.3) is 0 Å². The fourth-order valence-electron chi connectivity index (χ4n) is 1.13. The van der Waals surface area contributed by atoms with Gasteiger partial charge in [-0.05, 0) is 31.6 Å². The Labute approximate surface area is 88.9 Å². The fraction of sp³-hybridized carbons (Fsp3) is 0.364. The smallest absolute Gasteiger partial charge is 0.246 e. The summed E-state index contributed by atoms with van der Waals surface area (Å²) >= 11 is 1.75. The Bertz CT molecular complexity index is 363. The topological polar surface area (TPSA) is 20.3 Å². The molecule has 0 saturated carbocycles. The zero-order valence-corrected chi connectivity index (χ0v) is 9.81. The van der Waals surface area contributed by atoms with Gasteiger partial charge in [-0.3, -0.25) is 4.79 Å². The normalized spacial score (nSPS) is 10.9. The molecule has 0 fully saturated rings. The van der Waals surface area contributed by atoms with Crippen LogP contribution in [0.15, 0.2) is 12.1 Å². The van der Waals surface area contributed by atoms with E-state index in [1.54, 1.807) is 36.4 Å². The quantitative estimate of drug-likeness (QED) is 0.685. The van der Waals surface area contributed by atoms with E-state index in [-0.39, 0.29) is 5.91 Å². The number of hydrogen-bond acceptors (Lipinski definition) is 2. The average molecular weight is 209 g/mol. The highest BCUT2D eigenvalue weighted by Crippen LogP contribution is 2.21. The number of amides is 1. The number of nitrogens with zero attached hydrogens (tertiary/aromatic N) is 1. The van der Waals surface area contributed by atoms with Crippen molar-refractivity contribution in [3.63, 3.8) is 0 Å². The SMILES string of the molecule is Cc1cc(C=CC(=O)N(C)C)c(C)s1. The number of aryl methyl sites for hydroxylation is 2. The molecule has 0 aliphatic carbocycles. The molecule has 0 aliphatic rings. The number of carbonyl (C=O) groups is 1. The lowest BCUT2D eigenvalue weighted by molar-refractivity contribution is -0.123. The van der Waals surface area contributed by atoms with Crippen molar-refractivity contribution in [3.8, 4) is 0 Å². The highest BCUT2D eigenvalue weighted by atomic mass is 32.1. The molecule has 0 saturated heterocycles. The molecule has 76 valence electrons. The summed E-state index contributed by atoms with van der Waals surface area (Å²) in [6, 6.07) is 2.10. The average Bonchev–Trinajstić information content (AvgIpc) is 2.40. The molecule has 0 spiro atoms. The summed E-state index contributed by atoms with van der Waals surface area (Å²) in [5.41, 5.74) is 1.14. The van der Waals surface area contributed by atoms with Crippen LogP contribution in [0.1, 0.15) is 15.3 Å². The van der Waals surface area contributed by atoms with Gasteiger partial charge < -0.3 is 4.90 Å². The lowest BCUT2D eigenvalue weighted by atomic mass is 10.2. The number of likely N-dealkylation sites (N-methyl/N-ethyl adjacent to an activating group) is 1. The number of thiophene rings is 1. The molecule has 1 aromatic rings. The minimum absolute atomic E-state index is 0.0215. The van der Waals surface area contributed by atoms with E-state index in [0.29, 0.717) is 0 Å². The van der Waals surface area contributed by atoms with Crippen molar-refractivity contribution in [1.82, 2.24) is 4.90 Å². The van der Waals surface area contributed by atoms with Crippen LogP contribution >= 0.6 is 11.3 Å². The maximum atomic E-state index is 11.3. The maximum absolute atomic E-state index is 11.3. The first-order valence-corrected chi connectivity index (χ1v) is 5.28. The molecule has 0 unspecified atom stereocenters. The molecule has 14 heavy (non-hydrogen) atoms. The van der Waals surface area contributed by atoms with Gasteiger partial charge in [0.2, 0.25) is 5.91 Å². The summed E-state index contributed by atoms with van der Waals surface area (Å²) in [6.07, 6.45) is 3.48. The molecule has 1 amide bonds. The van der Waals surface area contributed by atoms with Gasteiger partial charge >= 0.3 is 0 Å². The second-order valence-corrected chi connectivity index (χ2v) is 4.90. The summed E-state index contributed by atoms with van der Waals surface area (Å²) in [7, 11) is 3.50. The van der Waals surface area contributed by atoms with Crippen molar-refractivity contribution in [1.29, 1.82) is 0 Å². The van der Waals surface area contributed by atoms with Crippen LogP contribution < -0.4 is 0 Å². The van der Waals surface area contributed by atoms with Crippen LogP contribution in [-0.4, -0.2) is 24.9 Å². The largest absolute Gasteiger partial charge is 0.345 e. The fourth-order valence-corrected chi connectivity index (χ4v) is 2.04. The van der Waals surface area contributed by atoms with Crippen molar-refractivity contribution < 1.29 is 4.79 Å². The summed E-state index contributed by atoms with van der Waals surface area (Å²) in [6.45, 7) is 4.14. The summed E-state index contributed by atoms with van der Waals surface area (Å²) < 4.78 is 0. The maximum Gasteiger partial charge on any atom is 0.246 e. The molecule has 0 atom stereocenters. The standard InChI is InChI=1S/C11H15NOS/c1-8-7-10(9(2)14-8)5-6-11(13)12(3)4/h5-7H,1-4H3. The highest BCUT2D eigenvalue weighted by molar-refractivity contribution is 7.12. The zero-order valence-electron chi connectivity index (χ0n) is 9.00. The first-order valence-electron chi connectivity index (χ1n) is 4.47. The second kappa shape index (κ2) is 4.42. The lowest BCUT2D eigenvalue weighted by Gasteiger charge is -2.04. The van der Waals surface area contributed by atoms with Crippen molar-refractivity contribution in [2.45, 2.75) is 13.8 Å². The summed E-state index contributed by atoms with van der Waals surface area (Å²) in [5.74, 6) is 0.0215. The Hall–Kier alpha value is -1.09. The van der Waals surface area contributed by atoms with E-state index in [2.05, 4.69) is 19.9 Å². The molecular formula is C11H15NOS. The summed E-state index contributed by atoms with van der Waals surface area (Å²) in [5, 5.41) is 0. The Morgan fingerprint density at radius 2 is 2.07 bits per heavy atom.